The van der Waals surface area contributed by atoms with Crippen molar-refractivity contribution >= 4 is 0 Å². The third-order valence-corrected chi connectivity index (χ3v) is 3.84. The van der Waals surface area contributed by atoms with E-state index in [-0.39, 0.29) is 5.82 Å². The Hall–Kier alpha value is -0.890. The first-order valence-electron chi connectivity index (χ1n) is 7.32. The maximum absolute atomic E-state index is 13.0. The van der Waals surface area contributed by atoms with Gasteiger partial charge in [-0.25, -0.2) is 4.39 Å². The molecule has 1 aliphatic rings. The fourth-order valence-electron chi connectivity index (χ4n) is 2.77. The summed E-state index contributed by atoms with van der Waals surface area (Å²) in [5.74, 6) is -0.126. The number of hydrogen-bond acceptors (Lipinski definition) is 1. The fraction of sp³-hybridized carbons (Fsp3) is 0.625. The zero-order valence-electron chi connectivity index (χ0n) is 11.1. The van der Waals surface area contributed by atoms with Gasteiger partial charge in [-0.3, -0.25) is 0 Å². The summed E-state index contributed by atoms with van der Waals surface area (Å²) in [6.45, 7) is 0.966. The highest BCUT2D eigenvalue weighted by molar-refractivity contribution is 5.16. The van der Waals surface area contributed by atoms with Crippen molar-refractivity contribution in [3.8, 4) is 0 Å². The van der Waals surface area contributed by atoms with E-state index >= 15 is 0 Å². The SMILES string of the molecule is Fc1cccc(CCNC2CCCCCCC2)c1. The number of hydrogen-bond donors (Lipinski definition) is 1. The molecular formula is C16H24FN. The normalized spacial score (nSPS) is 18.3. The molecule has 1 aliphatic carbocycles. The molecule has 0 aliphatic heterocycles. The summed E-state index contributed by atoms with van der Waals surface area (Å²) in [5.41, 5.74) is 1.09. The van der Waals surface area contributed by atoms with Crippen molar-refractivity contribution in [3.05, 3.63) is 35.6 Å². The molecule has 0 aromatic heterocycles. The topological polar surface area (TPSA) is 12.0 Å². The third kappa shape index (κ3) is 4.77. The zero-order chi connectivity index (χ0) is 12.6. The second-order valence-electron chi connectivity index (χ2n) is 5.38. The Labute approximate surface area is 110 Å². The van der Waals surface area contributed by atoms with Crippen molar-refractivity contribution in [2.75, 3.05) is 6.54 Å². The van der Waals surface area contributed by atoms with Crippen LogP contribution in [-0.2, 0) is 6.42 Å². The second-order valence-corrected chi connectivity index (χ2v) is 5.38. The van der Waals surface area contributed by atoms with Crippen LogP contribution in [0.3, 0.4) is 0 Å². The lowest BCUT2D eigenvalue weighted by atomic mass is 9.96. The van der Waals surface area contributed by atoms with E-state index in [0.717, 1.165) is 18.5 Å². The lowest BCUT2D eigenvalue weighted by molar-refractivity contribution is 0.392. The highest BCUT2D eigenvalue weighted by Crippen LogP contribution is 2.17. The van der Waals surface area contributed by atoms with Crippen molar-refractivity contribution in [1.82, 2.24) is 5.32 Å². The Morgan fingerprint density at radius 1 is 1.06 bits per heavy atom. The molecule has 1 N–H and O–H groups in total. The third-order valence-electron chi connectivity index (χ3n) is 3.84. The Morgan fingerprint density at radius 2 is 1.78 bits per heavy atom. The van der Waals surface area contributed by atoms with Crippen LogP contribution in [0.15, 0.2) is 24.3 Å². The van der Waals surface area contributed by atoms with E-state index in [0.29, 0.717) is 6.04 Å². The largest absolute Gasteiger partial charge is 0.314 e. The Kier molecular flexibility index (Phi) is 5.66. The minimum absolute atomic E-state index is 0.126. The van der Waals surface area contributed by atoms with Gasteiger partial charge in [0.1, 0.15) is 5.82 Å². The summed E-state index contributed by atoms with van der Waals surface area (Å²) in [4.78, 5) is 0. The van der Waals surface area contributed by atoms with Crippen LogP contribution in [-0.4, -0.2) is 12.6 Å². The predicted molar refractivity (Wildman–Crippen MR) is 74.2 cm³/mol. The molecule has 1 saturated carbocycles. The summed E-state index contributed by atoms with van der Waals surface area (Å²) >= 11 is 0. The van der Waals surface area contributed by atoms with Gasteiger partial charge in [-0.05, 0) is 43.5 Å². The van der Waals surface area contributed by atoms with Gasteiger partial charge in [-0.15, -0.1) is 0 Å². The molecule has 0 unspecified atom stereocenters. The van der Waals surface area contributed by atoms with Crippen LogP contribution in [0, 0.1) is 5.82 Å². The summed E-state index contributed by atoms with van der Waals surface area (Å²) < 4.78 is 13.0. The standard InChI is InChI=1S/C16H24FN/c17-15-8-6-7-14(13-15)11-12-18-16-9-4-2-1-3-5-10-16/h6-8,13,16,18H,1-5,9-12H2. The Balaban J connectivity index is 1.70. The minimum Gasteiger partial charge on any atom is -0.314 e. The number of benzene rings is 1. The molecule has 1 nitrogen and oxygen atoms in total. The first kappa shape index (κ1) is 13.5. The molecule has 0 heterocycles. The van der Waals surface area contributed by atoms with Crippen LogP contribution < -0.4 is 5.32 Å². The first-order chi connectivity index (χ1) is 8.84. The lowest BCUT2D eigenvalue weighted by Gasteiger charge is -2.21. The summed E-state index contributed by atoms with van der Waals surface area (Å²) in [6, 6.07) is 7.62. The minimum atomic E-state index is -0.126. The highest BCUT2D eigenvalue weighted by Gasteiger charge is 2.10. The molecule has 18 heavy (non-hydrogen) atoms. The van der Waals surface area contributed by atoms with Gasteiger partial charge in [0.25, 0.3) is 0 Å². The maximum atomic E-state index is 13.0. The van der Waals surface area contributed by atoms with Crippen molar-refractivity contribution in [2.45, 2.75) is 57.4 Å². The van der Waals surface area contributed by atoms with Gasteiger partial charge in [0, 0.05) is 6.04 Å². The van der Waals surface area contributed by atoms with Crippen LogP contribution in [0.5, 0.6) is 0 Å². The maximum Gasteiger partial charge on any atom is 0.123 e. The van der Waals surface area contributed by atoms with Crippen LogP contribution in [0.2, 0.25) is 0 Å². The summed E-state index contributed by atoms with van der Waals surface area (Å²) in [6.07, 6.45) is 10.5. The number of rotatable bonds is 4. The van der Waals surface area contributed by atoms with E-state index in [2.05, 4.69) is 5.32 Å². The van der Waals surface area contributed by atoms with Crippen molar-refractivity contribution in [2.24, 2.45) is 0 Å². The molecule has 2 heteroatoms. The summed E-state index contributed by atoms with van der Waals surface area (Å²) in [7, 11) is 0. The first-order valence-corrected chi connectivity index (χ1v) is 7.32. The summed E-state index contributed by atoms with van der Waals surface area (Å²) in [5, 5.41) is 3.63. The molecule has 0 amide bonds. The quantitative estimate of drug-likeness (QED) is 0.848. The average molecular weight is 249 g/mol. The van der Waals surface area contributed by atoms with Gasteiger partial charge in [-0.1, -0.05) is 44.2 Å². The second kappa shape index (κ2) is 7.52. The van der Waals surface area contributed by atoms with E-state index in [1.807, 2.05) is 6.07 Å². The van der Waals surface area contributed by atoms with Gasteiger partial charge >= 0.3 is 0 Å². The monoisotopic (exact) mass is 249 g/mol. The van der Waals surface area contributed by atoms with E-state index in [1.165, 1.54) is 51.0 Å². The molecular weight excluding hydrogens is 225 g/mol. The van der Waals surface area contributed by atoms with Gasteiger partial charge in [0.15, 0.2) is 0 Å². The average Bonchev–Trinajstić information content (AvgIpc) is 2.32. The molecule has 1 fully saturated rings. The van der Waals surface area contributed by atoms with E-state index in [1.54, 1.807) is 12.1 Å². The molecule has 2 rings (SSSR count). The molecule has 1 aromatic carbocycles. The molecule has 0 spiro atoms. The van der Waals surface area contributed by atoms with Crippen molar-refractivity contribution < 1.29 is 4.39 Å². The Morgan fingerprint density at radius 3 is 2.50 bits per heavy atom. The predicted octanol–water partition coefficient (Wildman–Crippen LogP) is 4.07. The molecule has 0 bridgehead atoms. The Bertz CT molecular complexity index is 343. The van der Waals surface area contributed by atoms with Gasteiger partial charge < -0.3 is 5.32 Å². The van der Waals surface area contributed by atoms with Crippen molar-refractivity contribution in [3.63, 3.8) is 0 Å². The number of nitrogens with one attached hydrogen (secondary N) is 1. The fourth-order valence-corrected chi connectivity index (χ4v) is 2.77. The van der Waals surface area contributed by atoms with Gasteiger partial charge in [0.2, 0.25) is 0 Å². The highest BCUT2D eigenvalue weighted by atomic mass is 19.1. The van der Waals surface area contributed by atoms with E-state index < -0.39 is 0 Å². The van der Waals surface area contributed by atoms with Gasteiger partial charge in [0.05, 0.1) is 0 Å². The van der Waals surface area contributed by atoms with Crippen LogP contribution >= 0.6 is 0 Å². The zero-order valence-corrected chi connectivity index (χ0v) is 11.1. The van der Waals surface area contributed by atoms with Crippen LogP contribution in [0.1, 0.15) is 50.5 Å². The molecule has 1 aromatic rings. The lowest BCUT2D eigenvalue weighted by Crippen LogP contribution is -2.31. The number of halogens is 1. The molecule has 0 radical (unpaired) electrons. The molecule has 0 atom stereocenters. The van der Waals surface area contributed by atoms with Crippen molar-refractivity contribution in [1.29, 1.82) is 0 Å². The van der Waals surface area contributed by atoms with E-state index in [4.69, 9.17) is 0 Å². The van der Waals surface area contributed by atoms with Crippen LogP contribution in [0.25, 0.3) is 0 Å². The van der Waals surface area contributed by atoms with Crippen LogP contribution in [0.4, 0.5) is 4.39 Å². The molecule has 0 saturated heterocycles. The smallest absolute Gasteiger partial charge is 0.123 e. The van der Waals surface area contributed by atoms with E-state index in [9.17, 15) is 4.39 Å². The van der Waals surface area contributed by atoms with Gasteiger partial charge in [-0.2, -0.15) is 0 Å². The molecule has 100 valence electrons.